The summed E-state index contributed by atoms with van der Waals surface area (Å²) in [7, 11) is 0. The van der Waals surface area contributed by atoms with E-state index in [2.05, 4.69) is 33.5 Å². The van der Waals surface area contributed by atoms with Crippen LogP contribution in [-0.4, -0.2) is 18.6 Å². The van der Waals surface area contributed by atoms with Crippen molar-refractivity contribution in [2.45, 2.75) is 25.4 Å². The second-order valence-electron chi connectivity index (χ2n) is 4.66. The standard InChI is InChI=1S/C12H15BrF2N2/c1-12(4-5-16-7-12)17-6-8-10(14)3-2-9(13)11(8)15/h2-3,16-17H,4-7H2,1H3. The lowest BCUT2D eigenvalue weighted by molar-refractivity contribution is 0.376. The molecule has 0 aliphatic carbocycles. The Labute approximate surface area is 108 Å². The van der Waals surface area contributed by atoms with Gasteiger partial charge >= 0.3 is 0 Å². The minimum absolute atomic E-state index is 0.0821. The molecule has 1 atom stereocenters. The first-order valence-corrected chi connectivity index (χ1v) is 6.39. The molecule has 1 saturated heterocycles. The van der Waals surface area contributed by atoms with Gasteiger partial charge in [-0.25, -0.2) is 8.78 Å². The molecule has 2 nitrogen and oxygen atoms in total. The molecule has 0 radical (unpaired) electrons. The molecular formula is C12H15BrF2N2. The Morgan fingerprint density at radius 2 is 2.24 bits per heavy atom. The van der Waals surface area contributed by atoms with Crippen LogP contribution in [0.4, 0.5) is 8.78 Å². The molecular weight excluding hydrogens is 290 g/mol. The van der Waals surface area contributed by atoms with Crippen LogP contribution < -0.4 is 10.6 Å². The largest absolute Gasteiger partial charge is 0.315 e. The van der Waals surface area contributed by atoms with Crippen molar-refractivity contribution in [1.82, 2.24) is 10.6 Å². The SMILES string of the molecule is CC1(NCc2c(F)ccc(Br)c2F)CCNC1. The summed E-state index contributed by atoms with van der Waals surface area (Å²) in [6.45, 7) is 4.02. The summed E-state index contributed by atoms with van der Waals surface area (Å²) in [4.78, 5) is 0. The minimum atomic E-state index is -0.521. The maximum Gasteiger partial charge on any atom is 0.144 e. The highest BCUT2D eigenvalue weighted by molar-refractivity contribution is 9.10. The van der Waals surface area contributed by atoms with Crippen molar-refractivity contribution >= 4 is 15.9 Å². The van der Waals surface area contributed by atoms with E-state index in [1.807, 2.05) is 0 Å². The monoisotopic (exact) mass is 304 g/mol. The van der Waals surface area contributed by atoms with Crippen molar-refractivity contribution in [2.24, 2.45) is 0 Å². The molecule has 1 fully saturated rings. The van der Waals surface area contributed by atoms with Gasteiger partial charge in [0.2, 0.25) is 0 Å². The van der Waals surface area contributed by atoms with Crippen LogP contribution in [0, 0.1) is 11.6 Å². The predicted molar refractivity (Wildman–Crippen MR) is 66.8 cm³/mol. The topological polar surface area (TPSA) is 24.1 Å². The third-order valence-electron chi connectivity index (χ3n) is 3.20. The molecule has 1 aliphatic rings. The molecule has 0 spiro atoms. The quantitative estimate of drug-likeness (QED) is 0.839. The van der Waals surface area contributed by atoms with Crippen LogP contribution in [0.5, 0.6) is 0 Å². The van der Waals surface area contributed by atoms with Crippen molar-refractivity contribution < 1.29 is 8.78 Å². The van der Waals surface area contributed by atoms with Crippen LogP contribution in [0.3, 0.4) is 0 Å². The number of halogens is 3. The molecule has 1 aromatic rings. The molecule has 94 valence electrons. The highest BCUT2D eigenvalue weighted by Crippen LogP contribution is 2.22. The number of nitrogens with one attached hydrogen (secondary N) is 2. The van der Waals surface area contributed by atoms with E-state index in [0.29, 0.717) is 4.47 Å². The van der Waals surface area contributed by atoms with Crippen LogP contribution in [0.25, 0.3) is 0 Å². The molecule has 5 heteroatoms. The second-order valence-corrected chi connectivity index (χ2v) is 5.52. The van der Waals surface area contributed by atoms with Gasteiger partial charge in [-0.15, -0.1) is 0 Å². The molecule has 1 unspecified atom stereocenters. The van der Waals surface area contributed by atoms with Gasteiger partial charge in [0.05, 0.1) is 4.47 Å². The van der Waals surface area contributed by atoms with Crippen LogP contribution in [-0.2, 0) is 6.54 Å². The summed E-state index contributed by atoms with van der Waals surface area (Å²) in [5, 5.41) is 6.45. The van der Waals surface area contributed by atoms with E-state index in [1.165, 1.54) is 12.1 Å². The van der Waals surface area contributed by atoms with Gasteiger partial charge in [0.1, 0.15) is 11.6 Å². The van der Waals surface area contributed by atoms with E-state index >= 15 is 0 Å². The van der Waals surface area contributed by atoms with Crippen molar-refractivity contribution in [3.05, 3.63) is 33.8 Å². The third kappa shape index (κ3) is 2.84. The fourth-order valence-corrected chi connectivity index (χ4v) is 2.37. The zero-order chi connectivity index (χ0) is 12.5. The first-order valence-electron chi connectivity index (χ1n) is 5.60. The molecule has 0 amide bonds. The van der Waals surface area contributed by atoms with Crippen molar-refractivity contribution in [3.63, 3.8) is 0 Å². The van der Waals surface area contributed by atoms with Crippen LogP contribution in [0.2, 0.25) is 0 Å². The van der Waals surface area contributed by atoms with Gasteiger partial charge in [-0.05, 0) is 48.0 Å². The van der Waals surface area contributed by atoms with E-state index in [-0.39, 0.29) is 17.6 Å². The normalized spacial score (nSPS) is 24.2. The molecule has 17 heavy (non-hydrogen) atoms. The number of benzene rings is 1. The average Bonchev–Trinajstić information content (AvgIpc) is 2.71. The lowest BCUT2D eigenvalue weighted by Crippen LogP contribution is -2.43. The molecule has 1 heterocycles. The Morgan fingerprint density at radius 1 is 1.47 bits per heavy atom. The Balaban J connectivity index is 2.11. The van der Waals surface area contributed by atoms with E-state index < -0.39 is 11.6 Å². The van der Waals surface area contributed by atoms with Crippen LogP contribution >= 0.6 is 15.9 Å². The molecule has 0 bridgehead atoms. The summed E-state index contributed by atoms with van der Waals surface area (Å²) in [6, 6.07) is 2.66. The fraction of sp³-hybridized carbons (Fsp3) is 0.500. The summed E-state index contributed by atoms with van der Waals surface area (Å²) in [5.41, 5.74) is 0.00813. The number of hydrogen-bond acceptors (Lipinski definition) is 2. The van der Waals surface area contributed by atoms with Crippen LogP contribution in [0.15, 0.2) is 16.6 Å². The van der Waals surface area contributed by atoms with Gasteiger partial charge in [0, 0.05) is 24.2 Å². The third-order valence-corrected chi connectivity index (χ3v) is 3.81. The fourth-order valence-electron chi connectivity index (χ4n) is 2.00. The van der Waals surface area contributed by atoms with Gasteiger partial charge < -0.3 is 10.6 Å². The molecule has 0 aromatic heterocycles. The molecule has 2 N–H and O–H groups in total. The maximum atomic E-state index is 13.7. The molecule has 0 saturated carbocycles. The Hall–Kier alpha value is -0.520. The van der Waals surface area contributed by atoms with E-state index in [0.717, 1.165) is 19.5 Å². The summed E-state index contributed by atoms with van der Waals surface area (Å²) in [5.74, 6) is -1.03. The first-order chi connectivity index (χ1) is 8.02. The van der Waals surface area contributed by atoms with Gasteiger partial charge in [0.15, 0.2) is 0 Å². The average molecular weight is 305 g/mol. The predicted octanol–water partition coefficient (Wildman–Crippen LogP) is 2.57. The van der Waals surface area contributed by atoms with Gasteiger partial charge in [0.25, 0.3) is 0 Å². The van der Waals surface area contributed by atoms with Crippen molar-refractivity contribution in [3.8, 4) is 0 Å². The highest BCUT2D eigenvalue weighted by Gasteiger charge is 2.28. The van der Waals surface area contributed by atoms with Crippen LogP contribution in [0.1, 0.15) is 18.9 Å². The van der Waals surface area contributed by atoms with Crippen molar-refractivity contribution in [2.75, 3.05) is 13.1 Å². The summed E-state index contributed by atoms with van der Waals surface area (Å²) < 4.78 is 27.5. The van der Waals surface area contributed by atoms with E-state index in [9.17, 15) is 8.78 Å². The lowest BCUT2D eigenvalue weighted by Gasteiger charge is -2.24. The molecule has 1 aliphatic heterocycles. The van der Waals surface area contributed by atoms with E-state index in [1.54, 1.807) is 0 Å². The maximum absolute atomic E-state index is 13.7. The zero-order valence-corrected chi connectivity index (χ0v) is 11.2. The summed E-state index contributed by atoms with van der Waals surface area (Å²) >= 11 is 3.07. The Kier molecular flexibility index (Phi) is 3.80. The lowest BCUT2D eigenvalue weighted by atomic mass is 10.0. The van der Waals surface area contributed by atoms with E-state index in [4.69, 9.17) is 0 Å². The van der Waals surface area contributed by atoms with Gasteiger partial charge in [-0.3, -0.25) is 0 Å². The highest BCUT2D eigenvalue weighted by atomic mass is 79.9. The summed E-state index contributed by atoms with van der Waals surface area (Å²) in [6.07, 6.45) is 0.963. The molecule has 1 aromatic carbocycles. The zero-order valence-electron chi connectivity index (χ0n) is 9.62. The minimum Gasteiger partial charge on any atom is -0.315 e. The Morgan fingerprint density at radius 3 is 2.88 bits per heavy atom. The first kappa shape index (κ1) is 12.9. The molecule has 2 rings (SSSR count). The van der Waals surface area contributed by atoms with Crippen molar-refractivity contribution in [1.29, 1.82) is 0 Å². The second kappa shape index (κ2) is 5.00. The number of rotatable bonds is 3. The number of hydrogen-bond donors (Lipinski definition) is 2. The Bertz CT molecular complexity index is 417. The smallest absolute Gasteiger partial charge is 0.144 e. The van der Waals surface area contributed by atoms with Gasteiger partial charge in [-0.2, -0.15) is 0 Å². The van der Waals surface area contributed by atoms with Gasteiger partial charge in [-0.1, -0.05) is 0 Å².